The van der Waals surface area contributed by atoms with Gasteiger partial charge in [-0.15, -0.1) is 0 Å². The van der Waals surface area contributed by atoms with E-state index in [9.17, 15) is 9.18 Å². The highest BCUT2D eigenvalue weighted by molar-refractivity contribution is 8.18. The smallest absolute Gasteiger partial charge is 0.264 e. The molecular formula is C16H9Cl2FN2OS. The van der Waals surface area contributed by atoms with Crippen LogP contribution in [0.4, 0.5) is 10.1 Å². The van der Waals surface area contributed by atoms with Crippen molar-refractivity contribution in [3.8, 4) is 0 Å². The first-order valence-corrected chi connectivity index (χ1v) is 8.09. The third-order valence-electron chi connectivity index (χ3n) is 2.96. The van der Waals surface area contributed by atoms with Crippen molar-refractivity contribution in [1.82, 2.24) is 5.32 Å². The first-order valence-electron chi connectivity index (χ1n) is 6.51. The molecule has 0 spiro atoms. The number of carbonyl (C=O) groups is 1. The third kappa shape index (κ3) is 3.93. The summed E-state index contributed by atoms with van der Waals surface area (Å²) in [6, 6.07) is 10.7. The van der Waals surface area contributed by atoms with Gasteiger partial charge in [0.05, 0.1) is 10.6 Å². The number of hydrogen-bond donors (Lipinski definition) is 1. The maximum atomic E-state index is 12.9. The molecular weight excluding hydrogens is 358 g/mol. The fourth-order valence-electron chi connectivity index (χ4n) is 1.87. The SMILES string of the molecule is O=C1NC(=Nc2ccc(F)cc2)SC1=Cc1ccc(Cl)cc1Cl. The Bertz CT molecular complexity index is 834. The Hall–Kier alpha value is -1.82. The van der Waals surface area contributed by atoms with E-state index in [2.05, 4.69) is 10.3 Å². The molecule has 0 aliphatic carbocycles. The number of halogens is 3. The van der Waals surface area contributed by atoms with Crippen LogP contribution in [0, 0.1) is 5.82 Å². The maximum absolute atomic E-state index is 12.9. The van der Waals surface area contributed by atoms with Crippen molar-refractivity contribution in [1.29, 1.82) is 0 Å². The summed E-state index contributed by atoms with van der Waals surface area (Å²) in [6.07, 6.45) is 1.67. The number of amidine groups is 1. The Kier molecular flexibility index (Phi) is 4.71. The molecule has 0 saturated carbocycles. The number of nitrogens with one attached hydrogen (secondary N) is 1. The summed E-state index contributed by atoms with van der Waals surface area (Å²) in [5.74, 6) is -0.600. The van der Waals surface area contributed by atoms with E-state index in [1.807, 2.05) is 0 Å². The van der Waals surface area contributed by atoms with E-state index in [1.54, 1.807) is 24.3 Å². The van der Waals surface area contributed by atoms with Crippen LogP contribution < -0.4 is 5.32 Å². The fraction of sp³-hybridized carbons (Fsp3) is 0. The summed E-state index contributed by atoms with van der Waals surface area (Å²) in [5, 5.41) is 4.08. The molecule has 1 aliphatic heterocycles. The van der Waals surface area contributed by atoms with E-state index < -0.39 is 0 Å². The number of aliphatic imine (C=N–C) groups is 1. The van der Waals surface area contributed by atoms with Crippen molar-refractivity contribution < 1.29 is 9.18 Å². The highest BCUT2D eigenvalue weighted by Crippen LogP contribution is 2.30. The molecule has 0 atom stereocenters. The van der Waals surface area contributed by atoms with Crippen LogP contribution in [0.5, 0.6) is 0 Å². The Morgan fingerprint density at radius 2 is 1.87 bits per heavy atom. The largest absolute Gasteiger partial charge is 0.300 e. The lowest BCUT2D eigenvalue weighted by molar-refractivity contribution is -0.115. The highest BCUT2D eigenvalue weighted by Gasteiger charge is 2.24. The van der Waals surface area contributed by atoms with Crippen molar-refractivity contribution in [2.75, 3.05) is 0 Å². The van der Waals surface area contributed by atoms with Gasteiger partial charge in [-0.1, -0.05) is 29.3 Å². The number of amides is 1. The van der Waals surface area contributed by atoms with Gasteiger partial charge in [0.25, 0.3) is 5.91 Å². The number of thioether (sulfide) groups is 1. The molecule has 1 fully saturated rings. The lowest BCUT2D eigenvalue weighted by Gasteiger charge is -1.99. The predicted molar refractivity (Wildman–Crippen MR) is 93.7 cm³/mol. The summed E-state index contributed by atoms with van der Waals surface area (Å²) >= 11 is 13.1. The van der Waals surface area contributed by atoms with Gasteiger partial charge in [-0.3, -0.25) is 4.79 Å². The van der Waals surface area contributed by atoms with Gasteiger partial charge in [-0.2, -0.15) is 0 Å². The van der Waals surface area contributed by atoms with Gasteiger partial charge in [0.1, 0.15) is 5.82 Å². The minimum atomic E-state index is -0.338. The Balaban J connectivity index is 1.84. The van der Waals surface area contributed by atoms with Crippen LogP contribution in [0.2, 0.25) is 10.0 Å². The van der Waals surface area contributed by atoms with E-state index in [-0.39, 0.29) is 11.7 Å². The van der Waals surface area contributed by atoms with Crippen LogP contribution in [0.15, 0.2) is 52.4 Å². The van der Waals surface area contributed by atoms with Crippen LogP contribution in [-0.2, 0) is 4.79 Å². The van der Waals surface area contributed by atoms with Crippen LogP contribution in [0.25, 0.3) is 6.08 Å². The van der Waals surface area contributed by atoms with E-state index in [1.165, 1.54) is 36.0 Å². The Morgan fingerprint density at radius 3 is 2.57 bits per heavy atom. The number of hydrogen-bond acceptors (Lipinski definition) is 3. The quantitative estimate of drug-likeness (QED) is 0.757. The average molecular weight is 367 g/mol. The monoisotopic (exact) mass is 366 g/mol. The number of benzene rings is 2. The maximum Gasteiger partial charge on any atom is 0.264 e. The first-order chi connectivity index (χ1) is 11.0. The molecule has 0 bridgehead atoms. The van der Waals surface area contributed by atoms with Gasteiger partial charge >= 0.3 is 0 Å². The summed E-state index contributed by atoms with van der Waals surface area (Å²) in [5.41, 5.74) is 1.25. The molecule has 3 rings (SSSR count). The van der Waals surface area contributed by atoms with Crippen molar-refractivity contribution in [3.63, 3.8) is 0 Å². The molecule has 1 amide bonds. The number of rotatable bonds is 2. The first kappa shape index (κ1) is 16.1. The number of nitrogens with zero attached hydrogens (tertiary/aromatic N) is 1. The van der Waals surface area contributed by atoms with E-state index in [0.29, 0.717) is 31.4 Å². The second kappa shape index (κ2) is 6.74. The molecule has 1 aliphatic rings. The van der Waals surface area contributed by atoms with E-state index >= 15 is 0 Å². The second-order valence-electron chi connectivity index (χ2n) is 4.62. The third-order valence-corrected chi connectivity index (χ3v) is 4.43. The van der Waals surface area contributed by atoms with Gasteiger partial charge in [0.15, 0.2) is 5.17 Å². The fourth-order valence-corrected chi connectivity index (χ4v) is 3.17. The lowest BCUT2D eigenvalue weighted by Crippen LogP contribution is -2.19. The zero-order valence-electron chi connectivity index (χ0n) is 11.5. The minimum Gasteiger partial charge on any atom is -0.300 e. The van der Waals surface area contributed by atoms with Crippen molar-refractivity contribution in [2.24, 2.45) is 4.99 Å². The normalized spacial score (nSPS) is 17.8. The molecule has 1 saturated heterocycles. The van der Waals surface area contributed by atoms with Crippen LogP contribution in [-0.4, -0.2) is 11.1 Å². The average Bonchev–Trinajstić information content (AvgIpc) is 2.84. The van der Waals surface area contributed by atoms with Gasteiger partial charge in [0, 0.05) is 10.0 Å². The lowest BCUT2D eigenvalue weighted by atomic mass is 10.2. The predicted octanol–water partition coefficient (Wildman–Crippen LogP) is 5.02. The molecule has 7 heteroatoms. The Morgan fingerprint density at radius 1 is 1.13 bits per heavy atom. The molecule has 116 valence electrons. The summed E-state index contributed by atoms with van der Waals surface area (Å²) in [7, 11) is 0. The van der Waals surface area contributed by atoms with Crippen molar-refractivity contribution in [3.05, 3.63) is 68.8 Å². The van der Waals surface area contributed by atoms with Crippen molar-refractivity contribution >= 4 is 57.8 Å². The van der Waals surface area contributed by atoms with Gasteiger partial charge in [0.2, 0.25) is 0 Å². The van der Waals surface area contributed by atoms with Crippen molar-refractivity contribution in [2.45, 2.75) is 0 Å². The molecule has 0 unspecified atom stereocenters. The van der Waals surface area contributed by atoms with Gasteiger partial charge < -0.3 is 5.32 Å². The summed E-state index contributed by atoms with van der Waals surface area (Å²) in [6.45, 7) is 0. The molecule has 23 heavy (non-hydrogen) atoms. The van der Waals surface area contributed by atoms with Crippen LogP contribution in [0.1, 0.15) is 5.56 Å². The van der Waals surface area contributed by atoms with E-state index in [4.69, 9.17) is 23.2 Å². The molecule has 1 heterocycles. The molecule has 0 radical (unpaired) electrons. The topological polar surface area (TPSA) is 41.5 Å². The Labute approximate surface area is 146 Å². The van der Waals surface area contributed by atoms with E-state index in [0.717, 1.165) is 0 Å². The molecule has 3 nitrogen and oxygen atoms in total. The zero-order valence-corrected chi connectivity index (χ0v) is 13.8. The summed E-state index contributed by atoms with van der Waals surface area (Å²) in [4.78, 5) is 16.7. The standard InChI is InChI=1S/C16H9Cl2FN2OS/c17-10-2-1-9(13(18)8-10)7-14-15(22)21-16(23-14)20-12-5-3-11(19)4-6-12/h1-8H,(H,20,21,22). The molecule has 2 aromatic rings. The highest BCUT2D eigenvalue weighted by atomic mass is 35.5. The van der Waals surface area contributed by atoms with Crippen LogP contribution >= 0.6 is 35.0 Å². The van der Waals surface area contributed by atoms with Crippen LogP contribution in [0.3, 0.4) is 0 Å². The minimum absolute atomic E-state index is 0.262. The molecule has 1 N–H and O–H groups in total. The van der Waals surface area contributed by atoms with Gasteiger partial charge in [-0.05, 0) is 59.8 Å². The molecule has 0 aromatic heterocycles. The summed E-state index contributed by atoms with van der Waals surface area (Å²) < 4.78 is 12.9. The zero-order chi connectivity index (χ0) is 16.4. The second-order valence-corrected chi connectivity index (χ2v) is 6.50. The molecule has 2 aromatic carbocycles. The number of carbonyl (C=O) groups excluding carboxylic acids is 1. The van der Waals surface area contributed by atoms with Gasteiger partial charge in [-0.25, -0.2) is 9.38 Å².